The molecule has 0 N–H and O–H groups in total. The predicted octanol–water partition coefficient (Wildman–Crippen LogP) is 4.26. The number of benzene rings is 1. The Morgan fingerprint density at radius 2 is 2.17 bits per heavy atom. The van der Waals surface area contributed by atoms with Gasteiger partial charge in [-0.3, -0.25) is 0 Å². The number of nitrogens with zero attached hydrogens (tertiary/aromatic N) is 2. The van der Waals surface area contributed by atoms with Gasteiger partial charge in [0.25, 0.3) is 0 Å². The van der Waals surface area contributed by atoms with Gasteiger partial charge in [-0.05, 0) is 35.7 Å². The van der Waals surface area contributed by atoms with E-state index in [9.17, 15) is 4.79 Å². The summed E-state index contributed by atoms with van der Waals surface area (Å²) in [5, 5.41) is 2.39. The molecule has 2 heterocycles. The van der Waals surface area contributed by atoms with Crippen molar-refractivity contribution in [3.8, 4) is 0 Å². The maximum atomic E-state index is 11.5. The van der Waals surface area contributed by atoms with Crippen LogP contribution in [0.5, 0.6) is 0 Å². The van der Waals surface area contributed by atoms with Gasteiger partial charge in [-0.1, -0.05) is 6.07 Å². The molecular formula is C17H16N2O2S2. The standard InChI is InChI=1S/C17H16N2O2S2/c1-21-17(20)13-4-6-14(7-5-13)23-16(15-3-2-10-22-15)11-19-9-8-18-12-19/h2-10,12,16H,11H2,1H3. The zero-order chi connectivity index (χ0) is 16.1. The number of ether oxygens (including phenoxy) is 1. The second-order valence-electron chi connectivity index (χ2n) is 4.90. The number of hydrogen-bond donors (Lipinski definition) is 0. The predicted molar refractivity (Wildman–Crippen MR) is 92.9 cm³/mol. The summed E-state index contributed by atoms with van der Waals surface area (Å²) in [7, 11) is 1.39. The van der Waals surface area contributed by atoms with Crippen molar-refractivity contribution >= 4 is 29.1 Å². The molecule has 1 unspecified atom stereocenters. The summed E-state index contributed by atoms with van der Waals surface area (Å²) in [4.78, 5) is 18.1. The molecule has 0 amide bonds. The molecule has 0 aliphatic heterocycles. The third kappa shape index (κ3) is 4.03. The molecule has 0 saturated carbocycles. The van der Waals surface area contributed by atoms with Crippen LogP contribution in [0.1, 0.15) is 20.5 Å². The molecule has 0 fully saturated rings. The van der Waals surface area contributed by atoms with E-state index >= 15 is 0 Å². The van der Waals surface area contributed by atoms with E-state index in [0.29, 0.717) is 10.8 Å². The highest BCUT2D eigenvalue weighted by Crippen LogP contribution is 2.38. The summed E-state index contributed by atoms with van der Waals surface area (Å²) in [6.07, 6.45) is 5.60. The van der Waals surface area contributed by atoms with E-state index in [1.807, 2.05) is 24.7 Å². The first-order valence-electron chi connectivity index (χ1n) is 7.10. The lowest BCUT2D eigenvalue weighted by Crippen LogP contribution is -2.04. The van der Waals surface area contributed by atoms with E-state index in [2.05, 4.69) is 27.1 Å². The van der Waals surface area contributed by atoms with Gasteiger partial charge < -0.3 is 9.30 Å². The van der Waals surface area contributed by atoms with Crippen LogP contribution >= 0.6 is 23.1 Å². The van der Waals surface area contributed by atoms with Crippen molar-refractivity contribution in [1.29, 1.82) is 0 Å². The molecule has 0 aliphatic rings. The number of carbonyl (C=O) groups is 1. The van der Waals surface area contributed by atoms with Crippen molar-refractivity contribution in [1.82, 2.24) is 9.55 Å². The third-order valence-electron chi connectivity index (χ3n) is 3.35. The van der Waals surface area contributed by atoms with Gasteiger partial charge in [-0.2, -0.15) is 0 Å². The molecule has 2 aromatic heterocycles. The van der Waals surface area contributed by atoms with Crippen LogP contribution in [-0.2, 0) is 11.3 Å². The van der Waals surface area contributed by atoms with Gasteiger partial charge in [0.2, 0.25) is 0 Å². The Labute approximate surface area is 143 Å². The van der Waals surface area contributed by atoms with Crippen LogP contribution in [-0.4, -0.2) is 22.6 Å². The molecule has 1 aromatic carbocycles. The minimum absolute atomic E-state index is 0.299. The summed E-state index contributed by atoms with van der Waals surface area (Å²) in [5.41, 5.74) is 0.569. The Hall–Kier alpha value is -2.05. The van der Waals surface area contributed by atoms with Gasteiger partial charge in [0.1, 0.15) is 0 Å². The van der Waals surface area contributed by atoms with Crippen molar-refractivity contribution < 1.29 is 9.53 Å². The van der Waals surface area contributed by atoms with Crippen molar-refractivity contribution in [3.05, 3.63) is 70.9 Å². The molecular weight excluding hydrogens is 328 g/mol. The first-order valence-corrected chi connectivity index (χ1v) is 8.86. The topological polar surface area (TPSA) is 44.1 Å². The van der Waals surface area contributed by atoms with Crippen molar-refractivity contribution in [2.75, 3.05) is 7.11 Å². The van der Waals surface area contributed by atoms with E-state index in [1.165, 1.54) is 12.0 Å². The third-order valence-corrected chi connectivity index (χ3v) is 5.72. The summed E-state index contributed by atoms with van der Waals surface area (Å²) in [6, 6.07) is 11.8. The minimum Gasteiger partial charge on any atom is -0.465 e. The van der Waals surface area contributed by atoms with Crippen molar-refractivity contribution in [2.24, 2.45) is 0 Å². The summed E-state index contributed by atoms with van der Waals surface area (Å²) < 4.78 is 6.82. The fourth-order valence-electron chi connectivity index (χ4n) is 2.20. The second kappa shape index (κ2) is 7.48. The molecule has 1 atom stereocenters. The smallest absolute Gasteiger partial charge is 0.337 e. The van der Waals surface area contributed by atoms with Crippen molar-refractivity contribution in [3.63, 3.8) is 0 Å². The largest absolute Gasteiger partial charge is 0.465 e. The SMILES string of the molecule is COC(=O)c1ccc(SC(Cn2ccnc2)c2cccs2)cc1. The normalized spacial score (nSPS) is 12.0. The fraction of sp³-hybridized carbons (Fsp3) is 0.176. The first kappa shape index (κ1) is 15.8. The molecule has 0 saturated heterocycles. The number of imidazole rings is 1. The molecule has 118 valence electrons. The number of thioether (sulfide) groups is 1. The van der Waals surface area contributed by atoms with Gasteiger partial charge in [-0.15, -0.1) is 23.1 Å². The average Bonchev–Trinajstić information content (AvgIpc) is 3.27. The molecule has 0 radical (unpaired) electrons. The lowest BCUT2D eigenvalue weighted by molar-refractivity contribution is 0.0600. The Morgan fingerprint density at radius 3 is 2.78 bits per heavy atom. The molecule has 4 nitrogen and oxygen atoms in total. The Kier molecular flexibility index (Phi) is 5.15. The van der Waals surface area contributed by atoms with Crippen LogP contribution in [0.2, 0.25) is 0 Å². The number of rotatable bonds is 6. The molecule has 3 rings (SSSR count). The van der Waals surface area contributed by atoms with Crippen LogP contribution in [0.15, 0.2) is 65.4 Å². The van der Waals surface area contributed by atoms with Crippen LogP contribution in [0.3, 0.4) is 0 Å². The zero-order valence-corrected chi connectivity index (χ0v) is 14.2. The van der Waals surface area contributed by atoms with Crippen LogP contribution in [0, 0.1) is 0 Å². The molecule has 0 aliphatic carbocycles. The highest BCUT2D eigenvalue weighted by atomic mass is 32.2. The van der Waals surface area contributed by atoms with Crippen molar-refractivity contribution in [2.45, 2.75) is 16.7 Å². The number of methoxy groups -OCH3 is 1. The number of esters is 1. The maximum Gasteiger partial charge on any atom is 0.337 e. The number of carbonyl (C=O) groups excluding carboxylic acids is 1. The van der Waals surface area contributed by atoms with Gasteiger partial charge in [0.05, 0.1) is 24.3 Å². The average molecular weight is 344 g/mol. The highest BCUT2D eigenvalue weighted by Gasteiger charge is 2.15. The lowest BCUT2D eigenvalue weighted by atomic mass is 10.2. The Morgan fingerprint density at radius 1 is 1.35 bits per heavy atom. The molecule has 0 bridgehead atoms. The van der Waals surface area contributed by atoms with E-state index in [0.717, 1.165) is 11.4 Å². The minimum atomic E-state index is -0.310. The van der Waals surface area contributed by atoms with E-state index in [-0.39, 0.29) is 5.97 Å². The van der Waals surface area contributed by atoms with Gasteiger partial charge in [0, 0.05) is 28.7 Å². The zero-order valence-electron chi connectivity index (χ0n) is 12.6. The van der Waals surface area contributed by atoms with Gasteiger partial charge in [-0.25, -0.2) is 9.78 Å². The first-order chi connectivity index (χ1) is 11.3. The fourth-order valence-corrected chi connectivity index (χ4v) is 4.27. The van der Waals surface area contributed by atoms with Gasteiger partial charge >= 0.3 is 5.97 Å². The van der Waals surface area contributed by atoms with E-state index < -0.39 is 0 Å². The van der Waals surface area contributed by atoms with Crippen LogP contribution < -0.4 is 0 Å². The summed E-state index contributed by atoms with van der Waals surface area (Å²) >= 11 is 3.54. The molecule has 3 aromatic rings. The number of aromatic nitrogens is 2. The Balaban J connectivity index is 1.77. The number of thiophene rings is 1. The monoisotopic (exact) mass is 344 g/mol. The summed E-state index contributed by atoms with van der Waals surface area (Å²) in [5.74, 6) is -0.310. The molecule has 6 heteroatoms. The maximum absolute atomic E-state index is 11.5. The molecule has 0 spiro atoms. The quantitative estimate of drug-likeness (QED) is 0.495. The number of hydrogen-bond acceptors (Lipinski definition) is 5. The Bertz CT molecular complexity index is 738. The lowest BCUT2D eigenvalue weighted by Gasteiger charge is -2.16. The van der Waals surface area contributed by atoms with Crippen LogP contribution in [0.4, 0.5) is 0 Å². The van der Waals surface area contributed by atoms with E-state index in [1.54, 1.807) is 41.4 Å². The van der Waals surface area contributed by atoms with Gasteiger partial charge in [0.15, 0.2) is 0 Å². The van der Waals surface area contributed by atoms with Crippen LogP contribution in [0.25, 0.3) is 0 Å². The molecule has 23 heavy (non-hydrogen) atoms. The summed E-state index contributed by atoms with van der Waals surface area (Å²) in [6.45, 7) is 0.851. The van der Waals surface area contributed by atoms with E-state index in [4.69, 9.17) is 4.74 Å². The second-order valence-corrected chi connectivity index (χ2v) is 7.15. The highest BCUT2D eigenvalue weighted by molar-refractivity contribution is 7.99.